The first-order valence-electron chi connectivity index (χ1n) is 4.92. The van der Waals surface area contributed by atoms with Crippen molar-refractivity contribution >= 4 is 5.91 Å². The van der Waals surface area contributed by atoms with E-state index in [2.05, 4.69) is 5.32 Å². The summed E-state index contributed by atoms with van der Waals surface area (Å²) in [5.74, 6) is 0.128. The SMILES string of the molecule is COc1cc2c(cc1C(N)=O)CNCC2. The molecule has 15 heavy (non-hydrogen) atoms. The van der Waals surface area contributed by atoms with Crippen LogP contribution in [-0.4, -0.2) is 19.6 Å². The number of carbonyl (C=O) groups excluding carboxylic acids is 1. The molecule has 1 aromatic rings. The molecule has 4 nitrogen and oxygen atoms in total. The summed E-state index contributed by atoms with van der Waals surface area (Å²) in [6.45, 7) is 1.76. The Kier molecular flexibility index (Phi) is 2.60. The Labute approximate surface area is 88.4 Å². The molecule has 0 spiro atoms. The molecule has 2 rings (SSSR count). The zero-order valence-electron chi connectivity index (χ0n) is 8.67. The van der Waals surface area contributed by atoms with Crippen LogP contribution in [0, 0.1) is 0 Å². The number of hydrogen-bond donors (Lipinski definition) is 2. The second kappa shape index (κ2) is 3.90. The minimum atomic E-state index is -0.444. The molecule has 0 aromatic heterocycles. The number of fused-ring (bicyclic) bond motifs is 1. The molecular weight excluding hydrogens is 192 g/mol. The highest BCUT2D eigenvalue weighted by atomic mass is 16.5. The van der Waals surface area contributed by atoms with Crippen LogP contribution in [0.3, 0.4) is 0 Å². The lowest BCUT2D eigenvalue weighted by Gasteiger charge is -2.19. The van der Waals surface area contributed by atoms with Crippen molar-refractivity contribution in [3.8, 4) is 5.75 Å². The van der Waals surface area contributed by atoms with Crippen molar-refractivity contribution in [2.24, 2.45) is 5.73 Å². The van der Waals surface area contributed by atoms with Crippen molar-refractivity contribution in [1.82, 2.24) is 5.32 Å². The van der Waals surface area contributed by atoms with Crippen LogP contribution in [0.2, 0.25) is 0 Å². The topological polar surface area (TPSA) is 64.3 Å². The number of primary amides is 1. The summed E-state index contributed by atoms with van der Waals surface area (Å²) >= 11 is 0. The Bertz CT molecular complexity index is 402. The third-order valence-corrected chi connectivity index (χ3v) is 2.67. The summed E-state index contributed by atoms with van der Waals surface area (Å²) in [5.41, 5.74) is 8.11. The van der Waals surface area contributed by atoms with E-state index in [1.165, 1.54) is 5.56 Å². The molecule has 1 amide bonds. The van der Waals surface area contributed by atoms with Gasteiger partial charge in [-0.25, -0.2) is 0 Å². The van der Waals surface area contributed by atoms with Gasteiger partial charge in [0.1, 0.15) is 5.75 Å². The van der Waals surface area contributed by atoms with Gasteiger partial charge in [0, 0.05) is 6.54 Å². The molecule has 3 N–H and O–H groups in total. The average Bonchev–Trinajstić information content (AvgIpc) is 2.27. The first-order valence-corrected chi connectivity index (χ1v) is 4.92. The van der Waals surface area contributed by atoms with Crippen LogP contribution < -0.4 is 15.8 Å². The Hall–Kier alpha value is -1.55. The fourth-order valence-electron chi connectivity index (χ4n) is 1.87. The highest BCUT2D eigenvalue weighted by molar-refractivity contribution is 5.96. The van der Waals surface area contributed by atoms with E-state index in [1.807, 2.05) is 12.1 Å². The molecule has 80 valence electrons. The standard InChI is InChI=1S/C11H14N2O2/c1-15-10-5-7-2-3-13-6-8(7)4-9(10)11(12)14/h4-5,13H,2-3,6H2,1H3,(H2,12,14). The molecule has 1 aliphatic heterocycles. The summed E-state index contributed by atoms with van der Waals surface area (Å²) in [7, 11) is 1.55. The van der Waals surface area contributed by atoms with Gasteiger partial charge in [-0.1, -0.05) is 0 Å². The quantitative estimate of drug-likeness (QED) is 0.738. The highest BCUT2D eigenvalue weighted by Crippen LogP contribution is 2.25. The van der Waals surface area contributed by atoms with E-state index in [9.17, 15) is 4.79 Å². The minimum Gasteiger partial charge on any atom is -0.496 e. The Balaban J connectivity index is 2.51. The first-order chi connectivity index (χ1) is 7.22. The van der Waals surface area contributed by atoms with Gasteiger partial charge in [-0.2, -0.15) is 0 Å². The lowest BCUT2D eigenvalue weighted by Crippen LogP contribution is -2.24. The van der Waals surface area contributed by atoms with Crippen molar-refractivity contribution in [3.05, 3.63) is 28.8 Å². The van der Waals surface area contributed by atoms with Gasteiger partial charge in [0.2, 0.25) is 0 Å². The molecular formula is C11H14N2O2. The van der Waals surface area contributed by atoms with Crippen molar-refractivity contribution < 1.29 is 9.53 Å². The van der Waals surface area contributed by atoms with E-state index in [4.69, 9.17) is 10.5 Å². The number of nitrogens with two attached hydrogens (primary N) is 1. The molecule has 0 bridgehead atoms. The van der Waals surface area contributed by atoms with Crippen LogP contribution in [0.25, 0.3) is 0 Å². The van der Waals surface area contributed by atoms with Crippen molar-refractivity contribution in [3.63, 3.8) is 0 Å². The van der Waals surface area contributed by atoms with Gasteiger partial charge in [0.05, 0.1) is 12.7 Å². The lowest BCUT2D eigenvalue weighted by molar-refractivity contribution is 0.0997. The second-order valence-electron chi connectivity index (χ2n) is 3.61. The zero-order chi connectivity index (χ0) is 10.8. The van der Waals surface area contributed by atoms with E-state index in [0.717, 1.165) is 25.1 Å². The van der Waals surface area contributed by atoms with Gasteiger partial charge in [-0.15, -0.1) is 0 Å². The number of rotatable bonds is 2. The molecule has 4 heteroatoms. The van der Waals surface area contributed by atoms with Gasteiger partial charge in [-0.3, -0.25) is 4.79 Å². The first kappa shape index (κ1) is 9.98. The summed E-state index contributed by atoms with van der Waals surface area (Å²) < 4.78 is 5.15. The molecule has 1 heterocycles. The monoisotopic (exact) mass is 206 g/mol. The molecule has 0 saturated carbocycles. The van der Waals surface area contributed by atoms with Crippen LogP contribution in [0.4, 0.5) is 0 Å². The maximum absolute atomic E-state index is 11.2. The number of carbonyl (C=O) groups is 1. The lowest BCUT2D eigenvalue weighted by atomic mass is 9.97. The number of methoxy groups -OCH3 is 1. The number of ether oxygens (including phenoxy) is 1. The van der Waals surface area contributed by atoms with Crippen LogP contribution >= 0.6 is 0 Å². The largest absolute Gasteiger partial charge is 0.496 e. The summed E-state index contributed by atoms with van der Waals surface area (Å²) in [6, 6.07) is 3.74. The van der Waals surface area contributed by atoms with Crippen LogP contribution in [0.1, 0.15) is 21.5 Å². The Morgan fingerprint density at radius 1 is 1.47 bits per heavy atom. The summed E-state index contributed by atoms with van der Waals surface area (Å²) in [6.07, 6.45) is 0.963. The van der Waals surface area contributed by atoms with Crippen LogP contribution in [0.15, 0.2) is 12.1 Å². The second-order valence-corrected chi connectivity index (χ2v) is 3.61. The van der Waals surface area contributed by atoms with Gasteiger partial charge in [0.25, 0.3) is 5.91 Å². The van der Waals surface area contributed by atoms with Crippen molar-refractivity contribution in [1.29, 1.82) is 0 Å². The maximum atomic E-state index is 11.2. The van der Waals surface area contributed by atoms with Gasteiger partial charge >= 0.3 is 0 Å². The van der Waals surface area contributed by atoms with E-state index in [1.54, 1.807) is 7.11 Å². The van der Waals surface area contributed by atoms with Crippen LogP contribution in [-0.2, 0) is 13.0 Å². The van der Waals surface area contributed by atoms with Gasteiger partial charge < -0.3 is 15.8 Å². The molecule has 1 aromatic carbocycles. The van der Waals surface area contributed by atoms with Crippen molar-refractivity contribution in [2.75, 3.05) is 13.7 Å². The van der Waals surface area contributed by atoms with Crippen molar-refractivity contribution in [2.45, 2.75) is 13.0 Å². The third kappa shape index (κ3) is 1.80. The molecule has 0 unspecified atom stereocenters. The van der Waals surface area contributed by atoms with Crippen LogP contribution in [0.5, 0.6) is 5.75 Å². The number of amides is 1. The molecule has 0 radical (unpaired) electrons. The minimum absolute atomic E-state index is 0.444. The fraction of sp³-hybridized carbons (Fsp3) is 0.364. The zero-order valence-corrected chi connectivity index (χ0v) is 8.67. The molecule has 0 fully saturated rings. The van der Waals surface area contributed by atoms with E-state index in [-0.39, 0.29) is 0 Å². The molecule has 1 aliphatic rings. The number of hydrogen-bond acceptors (Lipinski definition) is 3. The molecule has 0 saturated heterocycles. The molecule has 0 atom stereocenters. The average molecular weight is 206 g/mol. The fourth-order valence-corrected chi connectivity index (χ4v) is 1.87. The smallest absolute Gasteiger partial charge is 0.252 e. The Morgan fingerprint density at radius 3 is 2.93 bits per heavy atom. The highest BCUT2D eigenvalue weighted by Gasteiger charge is 2.16. The molecule has 0 aliphatic carbocycles. The summed E-state index contributed by atoms with van der Waals surface area (Å²) in [4.78, 5) is 11.2. The van der Waals surface area contributed by atoms with E-state index in [0.29, 0.717) is 11.3 Å². The number of nitrogens with one attached hydrogen (secondary N) is 1. The summed E-state index contributed by atoms with van der Waals surface area (Å²) in [5, 5.41) is 3.25. The van der Waals surface area contributed by atoms with Gasteiger partial charge in [0.15, 0.2) is 0 Å². The third-order valence-electron chi connectivity index (χ3n) is 2.67. The normalized spacial score (nSPS) is 14.5. The predicted octanol–water partition coefficient (Wildman–Crippen LogP) is 0.440. The van der Waals surface area contributed by atoms with Gasteiger partial charge in [-0.05, 0) is 36.2 Å². The Morgan fingerprint density at radius 2 is 2.27 bits per heavy atom. The predicted molar refractivity (Wildman–Crippen MR) is 56.9 cm³/mol. The van der Waals surface area contributed by atoms with E-state index < -0.39 is 5.91 Å². The number of benzene rings is 1. The van der Waals surface area contributed by atoms with E-state index >= 15 is 0 Å². The maximum Gasteiger partial charge on any atom is 0.252 e.